The number of piperazine rings is 1. The predicted molar refractivity (Wildman–Crippen MR) is 117 cm³/mol. The quantitative estimate of drug-likeness (QED) is 0.570. The first-order valence-corrected chi connectivity index (χ1v) is 11.5. The number of amides is 1. The summed E-state index contributed by atoms with van der Waals surface area (Å²) in [6.07, 6.45) is 0.423. The summed E-state index contributed by atoms with van der Waals surface area (Å²) < 4.78 is 3.29. The number of hydrogen-bond donors (Lipinski definition) is 1. The van der Waals surface area contributed by atoms with Gasteiger partial charge in [-0.15, -0.1) is 22.7 Å². The molecule has 0 saturated carbocycles. The van der Waals surface area contributed by atoms with Crippen molar-refractivity contribution in [3.63, 3.8) is 0 Å². The molecular formula is C18H20ClN5OS3. The van der Waals surface area contributed by atoms with Crippen molar-refractivity contribution in [2.45, 2.75) is 19.5 Å². The molecule has 3 aromatic heterocycles. The second kappa shape index (κ2) is 8.87. The van der Waals surface area contributed by atoms with Crippen molar-refractivity contribution in [3.05, 3.63) is 43.6 Å². The number of aromatic amines is 1. The molecule has 1 aliphatic heterocycles. The molecule has 0 atom stereocenters. The molecule has 6 nitrogen and oxygen atoms in total. The highest BCUT2D eigenvalue weighted by atomic mass is 35.5. The first-order valence-electron chi connectivity index (χ1n) is 9.03. The Morgan fingerprint density at radius 2 is 2.07 bits per heavy atom. The molecule has 0 unspecified atom stereocenters. The molecule has 1 N–H and O–H groups in total. The predicted octanol–water partition coefficient (Wildman–Crippen LogP) is 4.12. The number of thiophene rings is 2. The van der Waals surface area contributed by atoms with E-state index in [0.29, 0.717) is 17.7 Å². The third-order valence-electron chi connectivity index (χ3n) is 4.78. The van der Waals surface area contributed by atoms with E-state index in [1.54, 1.807) is 22.7 Å². The molecule has 0 aliphatic carbocycles. The van der Waals surface area contributed by atoms with E-state index < -0.39 is 0 Å². The highest BCUT2D eigenvalue weighted by Crippen LogP contribution is 2.24. The van der Waals surface area contributed by atoms with Crippen molar-refractivity contribution in [3.8, 4) is 10.7 Å². The second-order valence-corrected chi connectivity index (χ2v) is 9.73. The fraction of sp³-hybridized carbons (Fsp3) is 0.389. The molecule has 1 fully saturated rings. The van der Waals surface area contributed by atoms with Gasteiger partial charge in [-0.25, -0.2) is 0 Å². The number of rotatable bonds is 6. The van der Waals surface area contributed by atoms with E-state index >= 15 is 0 Å². The second-order valence-electron chi connectivity index (χ2n) is 6.59. The molecule has 1 aliphatic rings. The molecule has 28 heavy (non-hydrogen) atoms. The monoisotopic (exact) mass is 453 g/mol. The third-order valence-corrected chi connectivity index (χ3v) is 7.18. The van der Waals surface area contributed by atoms with Gasteiger partial charge in [-0.3, -0.25) is 19.4 Å². The fourth-order valence-corrected chi connectivity index (χ4v) is 5.37. The summed E-state index contributed by atoms with van der Waals surface area (Å²) >= 11 is 14.6. The lowest BCUT2D eigenvalue weighted by molar-refractivity contribution is -0.133. The normalized spacial score (nSPS) is 15.2. The number of hydrogen-bond acceptors (Lipinski definition) is 6. The van der Waals surface area contributed by atoms with E-state index in [4.69, 9.17) is 23.8 Å². The van der Waals surface area contributed by atoms with Crippen molar-refractivity contribution < 1.29 is 4.79 Å². The summed E-state index contributed by atoms with van der Waals surface area (Å²) in [5.74, 6) is 0.964. The lowest BCUT2D eigenvalue weighted by Crippen LogP contribution is -2.48. The Bertz CT molecular complexity index is 985. The molecular weight excluding hydrogens is 434 g/mol. The Kier molecular flexibility index (Phi) is 6.27. The van der Waals surface area contributed by atoms with E-state index in [1.807, 2.05) is 33.0 Å². The van der Waals surface area contributed by atoms with Crippen LogP contribution in [0.15, 0.2) is 29.6 Å². The van der Waals surface area contributed by atoms with Crippen LogP contribution >= 0.6 is 46.5 Å². The molecule has 0 radical (unpaired) electrons. The number of carbonyl (C=O) groups excluding carboxylic acids is 1. The van der Waals surface area contributed by atoms with Gasteiger partial charge in [-0.2, -0.15) is 5.10 Å². The summed E-state index contributed by atoms with van der Waals surface area (Å²) in [7, 11) is 0. The van der Waals surface area contributed by atoms with Gasteiger partial charge in [0.25, 0.3) is 0 Å². The van der Waals surface area contributed by atoms with Gasteiger partial charge in [-0.1, -0.05) is 17.7 Å². The first kappa shape index (κ1) is 19.8. The third kappa shape index (κ3) is 4.55. The van der Waals surface area contributed by atoms with Crippen LogP contribution in [0.1, 0.15) is 11.3 Å². The molecule has 1 saturated heterocycles. The number of nitrogens with one attached hydrogen (secondary N) is 1. The van der Waals surface area contributed by atoms with Crippen LogP contribution in [0.25, 0.3) is 10.7 Å². The van der Waals surface area contributed by atoms with Crippen molar-refractivity contribution in [2.75, 3.05) is 26.2 Å². The van der Waals surface area contributed by atoms with Crippen LogP contribution in [0.5, 0.6) is 0 Å². The largest absolute Gasteiger partial charge is 0.340 e. The Hall–Kier alpha value is -1.52. The van der Waals surface area contributed by atoms with Crippen LogP contribution in [0.2, 0.25) is 4.34 Å². The molecule has 0 aromatic carbocycles. The molecule has 148 valence electrons. The average Bonchev–Trinajstić information content (AvgIpc) is 3.42. The van der Waals surface area contributed by atoms with Crippen LogP contribution in [-0.2, 0) is 17.9 Å². The summed E-state index contributed by atoms with van der Waals surface area (Å²) in [5, 5.41) is 9.16. The molecule has 0 spiro atoms. The summed E-state index contributed by atoms with van der Waals surface area (Å²) in [6, 6.07) is 8.00. The maximum absolute atomic E-state index is 12.7. The van der Waals surface area contributed by atoms with Crippen molar-refractivity contribution in [1.29, 1.82) is 0 Å². The van der Waals surface area contributed by atoms with Gasteiger partial charge in [0.1, 0.15) is 0 Å². The molecule has 4 rings (SSSR count). The zero-order valence-corrected chi connectivity index (χ0v) is 18.3. The van der Waals surface area contributed by atoms with Crippen LogP contribution in [0, 0.1) is 4.77 Å². The first-order chi connectivity index (χ1) is 13.6. The van der Waals surface area contributed by atoms with Gasteiger partial charge in [0.05, 0.1) is 9.21 Å². The average molecular weight is 454 g/mol. The highest BCUT2D eigenvalue weighted by Gasteiger charge is 2.22. The minimum atomic E-state index is 0.166. The fourth-order valence-electron chi connectivity index (χ4n) is 3.30. The molecule has 0 bridgehead atoms. The summed E-state index contributed by atoms with van der Waals surface area (Å²) in [5.41, 5.74) is 0. The standard InChI is InChI=1S/C18H20ClN5OS3/c19-15-4-3-13(28-15)12-22-7-9-23(10-8-22)16(25)5-6-24-17(20-21-18(24)26)14-2-1-11-27-14/h1-4,11H,5-10,12H2,(H,21,26). The number of halogens is 1. The maximum atomic E-state index is 12.7. The van der Waals surface area contributed by atoms with E-state index in [-0.39, 0.29) is 5.91 Å². The molecule has 10 heteroatoms. The maximum Gasteiger partial charge on any atom is 0.224 e. The molecule has 4 heterocycles. The SMILES string of the molecule is O=C(CCn1c(-c2cccs2)n[nH]c1=S)N1CCN(Cc2ccc(Cl)s2)CC1. The Morgan fingerprint density at radius 3 is 2.75 bits per heavy atom. The van der Waals surface area contributed by atoms with Gasteiger partial charge in [0.2, 0.25) is 5.91 Å². The van der Waals surface area contributed by atoms with Crippen molar-refractivity contribution in [1.82, 2.24) is 24.6 Å². The van der Waals surface area contributed by atoms with E-state index in [2.05, 4.69) is 21.2 Å². The Morgan fingerprint density at radius 1 is 1.25 bits per heavy atom. The topological polar surface area (TPSA) is 57.2 Å². The van der Waals surface area contributed by atoms with Crippen LogP contribution < -0.4 is 0 Å². The number of aromatic nitrogens is 3. The lowest BCUT2D eigenvalue weighted by Gasteiger charge is -2.34. The van der Waals surface area contributed by atoms with Gasteiger partial charge in [-0.05, 0) is 35.8 Å². The highest BCUT2D eigenvalue weighted by molar-refractivity contribution is 7.71. The van der Waals surface area contributed by atoms with Crippen molar-refractivity contribution in [2.24, 2.45) is 0 Å². The van der Waals surface area contributed by atoms with Gasteiger partial charge in [0.15, 0.2) is 10.6 Å². The van der Waals surface area contributed by atoms with Gasteiger partial charge >= 0.3 is 0 Å². The van der Waals surface area contributed by atoms with Crippen LogP contribution in [0.3, 0.4) is 0 Å². The van der Waals surface area contributed by atoms with Gasteiger partial charge in [0, 0.05) is 50.6 Å². The van der Waals surface area contributed by atoms with Gasteiger partial charge < -0.3 is 4.90 Å². The number of H-pyrrole nitrogens is 1. The molecule has 1 amide bonds. The Labute approximate surface area is 181 Å². The Balaban J connectivity index is 1.30. The lowest BCUT2D eigenvalue weighted by atomic mass is 10.2. The van der Waals surface area contributed by atoms with Crippen LogP contribution in [0.4, 0.5) is 0 Å². The zero-order valence-electron chi connectivity index (χ0n) is 15.1. The molecule has 3 aromatic rings. The van der Waals surface area contributed by atoms with E-state index in [0.717, 1.165) is 47.8 Å². The zero-order chi connectivity index (χ0) is 19.5. The van der Waals surface area contributed by atoms with Crippen molar-refractivity contribution >= 4 is 52.4 Å². The summed E-state index contributed by atoms with van der Waals surface area (Å²) in [6.45, 7) is 4.71. The smallest absolute Gasteiger partial charge is 0.224 e. The minimum Gasteiger partial charge on any atom is -0.340 e. The summed E-state index contributed by atoms with van der Waals surface area (Å²) in [4.78, 5) is 19.3. The number of carbonyl (C=O) groups is 1. The van der Waals surface area contributed by atoms with E-state index in [9.17, 15) is 4.79 Å². The van der Waals surface area contributed by atoms with Crippen LogP contribution in [-0.4, -0.2) is 56.7 Å². The van der Waals surface area contributed by atoms with E-state index in [1.165, 1.54) is 4.88 Å². The number of nitrogens with zero attached hydrogens (tertiary/aromatic N) is 4. The minimum absolute atomic E-state index is 0.166.